The van der Waals surface area contributed by atoms with Crippen LogP contribution in [0.2, 0.25) is 5.02 Å². The number of carbonyl (C=O) groups excluding carboxylic acids is 2. The van der Waals surface area contributed by atoms with Crippen LogP contribution in [0.5, 0.6) is 0 Å². The van der Waals surface area contributed by atoms with E-state index in [2.05, 4.69) is 10.2 Å². The van der Waals surface area contributed by atoms with Crippen LogP contribution in [0.15, 0.2) is 46.0 Å². The van der Waals surface area contributed by atoms with Crippen LogP contribution in [-0.4, -0.2) is 34.4 Å². The molecule has 0 fully saturated rings. The Morgan fingerprint density at radius 1 is 1.07 bits per heavy atom. The van der Waals surface area contributed by atoms with Crippen LogP contribution in [0.25, 0.3) is 11.5 Å². The van der Waals surface area contributed by atoms with Crippen molar-refractivity contribution >= 4 is 40.9 Å². The molecule has 0 bridgehead atoms. The third kappa shape index (κ3) is 5.51. The first-order valence-corrected chi connectivity index (χ1v) is 9.51. The number of halogens is 4. The lowest BCUT2D eigenvalue weighted by Crippen LogP contribution is -2.22. The van der Waals surface area contributed by atoms with Crippen LogP contribution >= 0.6 is 23.4 Å². The van der Waals surface area contributed by atoms with E-state index in [1.165, 1.54) is 0 Å². The minimum absolute atomic E-state index is 0.102. The zero-order valence-corrected chi connectivity index (χ0v) is 16.4. The number of nitrogens with zero attached hydrogens (tertiary/aromatic N) is 2. The fraction of sp³-hybridized carbons (Fsp3) is 0.111. The Morgan fingerprint density at radius 3 is 2.53 bits per heavy atom. The van der Waals surface area contributed by atoms with Gasteiger partial charge < -0.3 is 14.5 Å². The normalized spacial score (nSPS) is 10.7. The predicted molar refractivity (Wildman–Crippen MR) is 101 cm³/mol. The quantitative estimate of drug-likeness (QED) is 0.324. The second-order valence-corrected chi connectivity index (χ2v) is 6.96. The standard InChI is InChI=1S/C18H11ClF3N3O4S/c19-10-3-1-9(2-4-10)17-24-25-18(29-17)30-8-14(27)28-7-13(26)23-12-6-5-11(20)15(21)16(12)22/h1-6H,7-8H2,(H,23,26). The second-order valence-electron chi connectivity index (χ2n) is 5.60. The molecule has 12 heteroatoms. The number of ether oxygens (including phenoxy) is 1. The average Bonchev–Trinajstić information content (AvgIpc) is 3.21. The molecule has 0 aliphatic heterocycles. The molecular weight excluding hydrogens is 447 g/mol. The van der Waals surface area contributed by atoms with Crippen LogP contribution in [0, 0.1) is 17.5 Å². The van der Waals surface area contributed by atoms with Crippen molar-refractivity contribution in [2.45, 2.75) is 5.22 Å². The summed E-state index contributed by atoms with van der Waals surface area (Å²) in [6.45, 7) is -0.752. The van der Waals surface area contributed by atoms with E-state index in [0.29, 0.717) is 16.7 Å². The molecule has 1 amide bonds. The summed E-state index contributed by atoms with van der Waals surface area (Å²) in [6, 6.07) is 8.18. The molecule has 3 rings (SSSR count). The van der Waals surface area contributed by atoms with Crippen LogP contribution in [0.3, 0.4) is 0 Å². The molecule has 0 saturated heterocycles. The molecule has 3 aromatic rings. The summed E-state index contributed by atoms with van der Waals surface area (Å²) >= 11 is 6.69. The number of carbonyl (C=O) groups is 2. The van der Waals surface area contributed by atoms with Crippen molar-refractivity contribution < 1.29 is 31.9 Å². The van der Waals surface area contributed by atoms with Crippen molar-refractivity contribution in [2.24, 2.45) is 0 Å². The topological polar surface area (TPSA) is 94.3 Å². The fourth-order valence-electron chi connectivity index (χ4n) is 2.09. The molecule has 0 unspecified atom stereocenters. The molecule has 0 atom stereocenters. The van der Waals surface area contributed by atoms with Crippen molar-refractivity contribution in [1.29, 1.82) is 0 Å². The van der Waals surface area contributed by atoms with Crippen molar-refractivity contribution in [3.63, 3.8) is 0 Å². The molecule has 0 radical (unpaired) electrons. The highest BCUT2D eigenvalue weighted by molar-refractivity contribution is 7.99. The van der Waals surface area contributed by atoms with Gasteiger partial charge in [-0.2, -0.15) is 0 Å². The van der Waals surface area contributed by atoms with Crippen LogP contribution in [0.4, 0.5) is 18.9 Å². The Hall–Kier alpha value is -3.05. The number of aromatic nitrogens is 2. The number of amides is 1. The van der Waals surface area contributed by atoms with E-state index in [4.69, 9.17) is 20.8 Å². The monoisotopic (exact) mass is 457 g/mol. The second kappa shape index (κ2) is 9.63. The zero-order valence-electron chi connectivity index (χ0n) is 14.8. The van der Waals surface area contributed by atoms with Gasteiger partial charge in [0.1, 0.15) is 5.75 Å². The fourth-order valence-corrected chi connectivity index (χ4v) is 2.78. The molecule has 1 heterocycles. The van der Waals surface area contributed by atoms with Crippen molar-refractivity contribution in [1.82, 2.24) is 10.2 Å². The van der Waals surface area contributed by atoms with E-state index < -0.39 is 41.6 Å². The summed E-state index contributed by atoms with van der Waals surface area (Å²) in [7, 11) is 0. The maximum absolute atomic E-state index is 13.5. The molecule has 156 valence electrons. The molecule has 30 heavy (non-hydrogen) atoms. The Kier molecular flexibility index (Phi) is 6.95. The van der Waals surface area contributed by atoms with Gasteiger partial charge in [0.2, 0.25) is 5.89 Å². The molecule has 1 aromatic heterocycles. The van der Waals surface area contributed by atoms with Gasteiger partial charge in [0.25, 0.3) is 11.1 Å². The number of nitrogens with one attached hydrogen (secondary N) is 1. The smallest absolute Gasteiger partial charge is 0.316 e. The zero-order chi connectivity index (χ0) is 21.7. The maximum Gasteiger partial charge on any atom is 0.316 e. The number of hydrogen-bond donors (Lipinski definition) is 1. The number of anilines is 1. The van der Waals surface area contributed by atoms with Crippen LogP contribution in [0.1, 0.15) is 0 Å². The van der Waals surface area contributed by atoms with Gasteiger partial charge in [-0.25, -0.2) is 13.2 Å². The number of thioether (sulfide) groups is 1. The predicted octanol–water partition coefficient (Wildman–Crippen LogP) is 4.08. The molecule has 0 saturated carbocycles. The Labute approximate surface area is 176 Å². The highest BCUT2D eigenvalue weighted by Gasteiger charge is 2.17. The van der Waals surface area contributed by atoms with Crippen molar-refractivity contribution in [2.75, 3.05) is 17.7 Å². The van der Waals surface area contributed by atoms with Gasteiger partial charge in [-0.1, -0.05) is 23.4 Å². The molecule has 0 spiro atoms. The van der Waals surface area contributed by atoms with Gasteiger partial charge in [0, 0.05) is 10.6 Å². The van der Waals surface area contributed by atoms with Gasteiger partial charge in [0.05, 0.1) is 5.69 Å². The van der Waals surface area contributed by atoms with Gasteiger partial charge in [-0.05, 0) is 36.4 Å². The summed E-state index contributed by atoms with van der Waals surface area (Å²) in [6.07, 6.45) is 0. The molecule has 2 aromatic carbocycles. The van der Waals surface area contributed by atoms with Gasteiger partial charge in [-0.3, -0.25) is 9.59 Å². The minimum Gasteiger partial charge on any atom is -0.455 e. The molecule has 7 nitrogen and oxygen atoms in total. The van der Waals surface area contributed by atoms with E-state index in [-0.39, 0.29) is 16.9 Å². The average molecular weight is 458 g/mol. The van der Waals surface area contributed by atoms with Gasteiger partial charge in [-0.15, -0.1) is 10.2 Å². The Bertz CT molecular complexity index is 1080. The van der Waals surface area contributed by atoms with Gasteiger partial charge in [0.15, 0.2) is 24.1 Å². The lowest BCUT2D eigenvalue weighted by atomic mass is 10.2. The number of rotatable bonds is 7. The lowest BCUT2D eigenvalue weighted by Gasteiger charge is -2.07. The van der Waals surface area contributed by atoms with Crippen molar-refractivity contribution in [3.05, 3.63) is 58.9 Å². The van der Waals surface area contributed by atoms with Crippen LogP contribution < -0.4 is 5.32 Å². The number of hydrogen-bond acceptors (Lipinski definition) is 7. The van der Waals surface area contributed by atoms with E-state index >= 15 is 0 Å². The van der Waals surface area contributed by atoms with Gasteiger partial charge >= 0.3 is 5.97 Å². The number of esters is 1. The highest BCUT2D eigenvalue weighted by atomic mass is 35.5. The SMILES string of the molecule is O=C(COC(=O)CSc1nnc(-c2ccc(Cl)cc2)o1)Nc1ccc(F)c(F)c1F. The first-order valence-electron chi connectivity index (χ1n) is 8.14. The van der Waals surface area contributed by atoms with E-state index in [1.54, 1.807) is 24.3 Å². The summed E-state index contributed by atoms with van der Waals surface area (Å²) < 4.78 is 49.6. The van der Waals surface area contributed by atoms with Crippen molar-refractivity contribution in [3.8, 4) is 11.5 Å². The highest BCUT2D eigenvalue weighted by Crippen LogP contribution is 2.24. The summed E-state index contributed by atoms with van der Waals surface area (Å²) in [5.41, 5.74) is 0.0624. The van der Waals surface area contributed by atoms with E-state index in [0.717, 1.165) is 17.8 Å². The number of benzene rings is 2. The summed E-state index contributed by atoms with van der Waals surface area (Å²) in [4.78, 5) is 23.4. The third-order valence-corrected chi connectivity index (χ3v) is 4.53. The summed E-state index contributed by atoms with van der Waals surface area (Å²) in [5, 5.41) is 10.3. The Balaban J connectivity index is 1.45. The van der Waals surface area contributed by atoms with E-state index in [1.807, 2.05) is 5.32 Å². The molecule has 1 N–H and O–H groups in total. The lowest BCUT2D eigenvalue weighted by molar-refractivity contribution is -0.144. The Morgan fingerprint density at radius 2 is 1.80 bits per heavy atom. The molecule has 0 aliphatic carbocycles. The third-order valence-electron chi connectivity index (χ3n) is 3.48. The van der Waals surface area contributed by atoms with E-state index in [9.17, 15) is 22.8 Å². The minimum atomic E-state index is -1.72. The maximum atomic E-state index is 13.5. The molecule has 0 aliphatic rings. The molecular formula is C18H11ClF3N3O4S. The summed E-state index contributed by atoms with van der Waals surface area (Å²) in [5.74, 6) is -6.40. The van der Waals surface area contributed by atoms with Crippen LogP contribution in [-0.2, 0) is 14.3 Å². The first kappa shape index (κ1) is 21.7. The largest absolute Gasteiger partial charge is 0.455 e. The first-order chi connectivity index (χ1) is 14.3.